The summed E-state index contributed by atoms with van der Waals surface area (Å²) in [5, 5.41) is 0. The van der Waals surface area contributed by atoms with Crippen LogP contribution in [0.2, 0.25) is 0 Å². The highest BCUT2D eigenvalue weighted by Crippen LogP contribution is 2.39. The Labute approximate surface area is 169 Å². The summed E-state index contributed by atoms with van der Waals surface area (Å²) in [6, 6.07) is 17.2. The van der Waals surface area contributed by atoms with Gasteiger partial charge in [-0.3, -0.25) is 29.0 Å². The first-order chi connectivity index (χ1) is 13.9. The van der Waals surface area contributed by atoms with Gasteiger partial charge in [0.1, 0.15) is 11.8 Å². The highest BCUT2D eigenvalue weighted by Gasteiger charge is 2.56. The topological polar surface area (TPSA) is 74.8 Å². The van der Waals surface area contributed by atoms with Crippen LogP contribution in [0, 0.1) is 11.8 Å². The maximum Gasteiger partial charge on any atom is 0.242 e. The monoisotopic (exact) mass is 390 g/mol. The predicted octanol–water partition coefficient (Wildman–Crippen LogP) is 2.87. The van der Waals surface area contributed by atoms with Crippen LogP contribution in [0.1, 0.15) is 43.5 Å². The van der Waals surface area contributed by atoms with Gasteiger partial charge in [0.05, 0.1) is 12.1 Å². The van der Waals surface area contributed by atoms with Crippen LogP contribution in [0.4, 0.5) is 0 Å². The molecule has 0 saturated carbocycles. The van der Waals surface area contributed by atoms with Crippen LogP contribution in [-0.2, 0) is 19.2 Å². The number of hydrogen-bond donors (Lipinski definition) is 0. The molecule has 2 aliphatic rings. The summed E-state index contributed by atoms with van der Waals surface area (Å²) in [6.45, 7) is 3.48. The number of amides is 4. The second-order valence-electron chi connectivity index (χ2n) is 7.61. The largest absolute Gasteiger partial charge is 0.274 e. The molecule has 6 nitrogen and oxygen atoms in total. The number of imide groups is 2. The molecule has 0 spiro atoms. The summed E-state index contributed by atoms with van der Waals surface area (Å²) < 4.78 is 0. The van der Waals surface area contributed by atoms with E-state index in [0.717, 1.165) is 20.9 Å². The molecule has 0 radical (unpaired) electrons. The fraction of sp³-hybridized carbons (Fsp3) is 0.304. The number of piperidine rings is 2. The van der Waals surface area contributed by atoms with E-state index in [-0.39, 0.29) is 6.42 Å². The van der Waals surface area contributed by atoms with Gasteiger partial charge in [0.2, 0.25) is 23.6 Å². The van der Waals surface area contributed by atoms with Crippen LogP contribution in [-0.4, -0.2) is 33.4 Å². The summed E-state index contributed by atoms with van der Waals surface area (Å²) in [6.07, 6.45) is -0.0364. The molecule has 2 aromatic rings. The van der Waals surface area contributed by atoms with Crippen molar-refractivity contribution in [3.05, 3.63) is 71.8 Å². The number of likely N-dealkylation sites (tertiary alicyclic amines) is 2. The Morgan fingerprint density at radius 1 is 0.621 bits per heavy atom. The third-order valence-corrected chi connectivity index (χ3v) is 5.95. The molecule has 2 fully saturated rings. The van der Waals surface area contributed by atoms with Gasteiger partial charge in [-0.25, -0.2) is 0 Å². The molecular weight excluding hydrogens is 368 g/mol. The molecule has 2 atom stereocenters. The average Bonchev–Trinajstić information content (AvgIpc) is 2.74. The fourth-order valence-electron chi connectivity index (χ4n) is 4.26. The Balaban J connectivity index is 1.68. The molecule has 4 amide bonds. The SMILES string of the molecule is C[C@H](c1ccccc1)N1C(=O)C2CC(C1=O)C(=O)N([C@H](C)c1ccccc1)C2=O. The number of hydrogen-bond acceptors (Lipinski definition) is 4. The van der Waals surface area contributed by atoms with E-state index in [1.165, 1.54) is 0 Å². The zero-order valence-electron chi connectivity index (χ0n) is 16.3. The summed E-state index contributed by atoms with van der Waals surface area (Å²) in [5.41, 5.74) is 1.56. The van der Waals surface area contributed by atoms with Gasteiger partial charge in [-0.1, -0.05) is 60.7 Å². The van der Waals surface area contributed by atoms with Gasteiger partial charge in [0, 0.05) is 0 Å². The molecular formula is C23H22N2O4. The van der Waals surface area contributed by atoms with Crippen molar-refractivity contribution in [1.82, 2.24) is 9.80 Å². The number of fused-ring (bicyclic) bond motifs is 2. The molecule has 0 N–H and O–H groups in total. The third kappa shape index (κ3) is 3.05. The first kappa shape index (κ1) is 19.1. The Hall–Kier alpha value is -3.28. The minimum atomic E-state index is -1.01. The van der Waals surface area contributed by atoms with Crippen LogP contribution in [0.5, 0.6) is 0 Å². The summed E-state index contributed by atoms with van der Waals surface area (Å²) in [7, 11) is 0. The lowest BCUT2D eigenvalue weighted by Crippen LogP contribution is -2.63. The number of rotatable bonds is 4. The maximum absolute atomic E-state index is 13.1. The van der Waals surface area contributed by atoms with Crippen molar-refractivity contribution < 1.29 is 19.2 Å². The Bertz CT molecular complexity index is 861. The minimum Gasteiger partial charge on any atom is -0.274 e. The van der Waals surface area contributed by atoms with Gasteiger partial charge < -0.3 is 0 Å². The van der Waals surface area contributed by atoms with Gasteiger partial charge in [0.25, 0.3) is 0 Å². The smallest absolute Gasteiger partial charge is 0.242 e. The van der Waals surface area contributed by atoms with E-state index < -0.39 is 47.5 Å². The first-order valence-corrected chi connectivity index (χ1v) is 9.75. The highest BCUT2D eigenvalue weighted by atomic mass is 16.2. The number of nitrogens with zero attached hydrogens (tertiary/aromatic N) is 2. The molecule has 148 valence electrons. The van der Waals surface area contributed by atoms with E-state index in [1.807, 2.05) is 60.7 Å². The van der Waals surface area contributed by atoms with Crippen molar-refractivity contribution in [2.45, 2.75) is 32.4 Å². The molecule has 0 aliphatic carbocycles. The van der Waals surface area contributed by atoms with Crippen LogP contribution < -0.4 is 0 Å². The van der Waals surface area contributed by atoms with Crippen LogP contribution in [0.15, 0.2) is 60.7 Å². The molecule has 6 heteroatoms. The summed E-state index contributed by atoms with van der Waals surface area (Å²) in [5.74, 6) is -4.10. The van der Waals surface area contributed by atoms with E-state index in [4.69, 9.17) is 0 Å². The molecule has 29 heavy (non-hydrogen) atoms. The van der Waals surface area contributed by atoms with E-state index in [1.54, 1.807) is 13.8 Å². The fourth-order valence-corrected chi connectivity index (χ4v) is 4.26. The van der Waals surface area contributed by atoms with E-state index in [2.05, 4.69) is 0 Å². The predicted molar refractivity (Wildman–Crippen MR) is 105 cm³/mol. The normalized spacial score (nSPS) is 23.9. The first-order valence-electron chi connectivity index (χ1n) is 9.75. The van der Waals surface area contributed by atoms with Crippen molar-refractivity contribution in [3.63, 3.8) is 0 Å². The second kappa shape index (κ2) is 7.28. The molecule has 4 rings (SSSR count). The molecule has 2 aliphatic heterocycles. The van der Waals surface area contributed by atoms with E-state index in [0.29, 0.717) is 0 Å². The minimum absolute atomic E-state index is 0.0364. The van der Waals surface area contributed by atoms with E-state index >= 15 is 0 Å². The van der Waals surface area contributed by atoms with Gasteiger partial charge in [0.15, 0.2) is 0 Å². The average molecular weight is 390 g/mol. The van der Waals surface area contributed by atoms with E-state index in [9.17, 15) is 19.2 Å². The van der Waals surface area contributed by atoms with Crippen molar-refractivity contribution in [2.24, 2.45) is 11.8 Å². The van der Waals surface area contributed by atoms with Gasteiger partial charge in [-0.05, 0) is 31.4 Å². The maximum atomic E-state index is 13.1. The number of benzene rings is 2. The summed E-state index contributed by atoms with van der Waals surface area (Å²) >= 11 is 0. The zero-order valence-corrected chi connectivity index (χ0v) is 16.3. The molecule has 2 heterocycles. The van der Waals surface area contributed by atoms with Crippen molar-refractivity contribution in [2.75, 3.05) is 0 Å². The van der Waals surface area contributed by atoms with Gasteiger partial charge in [-0.2, -0.15) is 0 Å². The Morgan fingerprint density at radius 3 is 1.24 bits per heavy atom. The van der Waals surface area contributed by atoms with Crippen LogP contribution >= 0.6 is 0 Å². The molecule has 2 aromatic carbocycles. The molecule has 0 unspecified atom stereocenters. The van der Waals surface area contributed by atoms with Gasteiger partial charge in [-0.15, -0.1) is 0 Å². The van der Waals surface area contributed by atoms with Crippen LogP contribution in [0.3, 0.4) is 0 Å². The lowest BCUT2D eigenvalue weighted by atomic mass is 9.80. The standard InChI is InChI=1S/C23H22N2O4/c1-14(16-9-5-3-6-10-16)24-20(26)18-13-19(21(24)27)23(29)25(22(18)28)15(2)17-11-7-4-8-12-17/h3-12,14-15,18-19H,13H2,1-2H3/t14-,15-,18?,19?/m1/s1. The van der Waals surface area contributed by atoms with Crippen LogP contribution in [0.25, 0.3) is 0 Å². The molecule has 2 saturated heterocycles. The molecule has 2 bridgehead atoms. The third-order valence-electron chi connectivity index (χ3n) is 5.95. The van der Waals surface area contributed by atoms with Crippen molar-refractivity contribution in [3.8, 4) is 0 Å². The second-order valence-corrected chi connectivity index (χ2v) is 7.61. The molecule has 0 aromatic heterocycles. The quantitative estimate of drug-likeness (QED) is 0.594. The summed E-state index contributed by atoms with van der Waals surface area (Å²) in [4.78, 5) is 54.7. The van der Waals surface area contributed by atoms with Crippen molar-refractivity contribution >= 4 is 23.6 Å². The highest BCUT2D eigenvalue weighted by molar-refractivity contribution is 6.21. The van der Waals surface area contributed by atoms with Gasteiger partial charge >= 0.3 is 0 Å². The number of carbonyl (C=O) groups excluding carboxylic acids is 4. The van der Waals surface area contributed by atoms with Crippen molar-refractivity contribution in [1.29, 1.82) is 0 Å². The Morgan fingerprint density at radius 2 is 0.931 bits per heavy atom. The lowest BCUT2D eigenvalue weighted by molar-refractivity contribution is -0.175. The lowest BCUT2D eigenvalue weighted by Gasteiger charge is -2.45. The Kier molecular flexibility index (Phi) is 4.78. The zero-order chi connectivity index (χ0) is 20.7. The number of carbonyl (C=O) groups is 4.